The van der Waals surface area contributed by atoms with Gasteiger partial charge in [0.25, 0.3) is 0 Å². The van der Waals surface area contributed by atoms with E-state index in [1.165, 1.54) is 0 Å². The average Bonchev–Trinajstić information content (AvgIpc) is 2.68. The van der Waals surface area contributed by atoms with Gasteiger partial charge in [0.2, 0.25) is 0 Å². The highest BCUT2D eigenvalue weighted by atomic mass is 35.5. The molecule has 2 rings (SSSR count). The quantitative estimate of drug-likeness (QED) is 0.842. The summed E-state index contributed by atoms with van der Waals surface area (Å²) in [6.45, 7) is 2.31. The van der Waals surface area contributed by atoms with Gasteiger partial charge in [-0.1, -0.05) is 31.2 Å². The number of benzene rings is 1. The standard InChI is InChI=1S/C13H13ClN2O4S.CH4/c1-8-11(13(17)18)9-4-2-5-10(14)12(9)16(8)7-3-6-15-21(19)20;/h2,4-5H,3,6-7H2,1H3,(H,17,18);1H4. The van der Waals surface area contributed by atoms with E-state index in [9.17, 15) is 18.3 Å². The molecule has 22 heavy (non-hydrogen) atoms. The van der Waals surface area contributed by atoms with Crippen LogP contribution in [-0.4, -0.2) is 30.6 Å². The van der Waals surface area contributed by atoms with Crippen molar-refractivity contribution in [3.8, 4) is 0 Å². The van der Waals surface area contributed by atoms with Crippen LogP contribution in [0.5, 0.6) is 0 Å². The Morgan fingerprint density at radius 1 is 1.41 bits per heavy atom. The summed E-state index contributed by atoms with van der Waals surface area (Å²) < 4.78 is 25.9. The Balaban J connectivity index is 0.00000242. The summed E-state index contributed by atoms with van der Waals surface area (Å²) in [5.41, 5.74) is 1.46. The molecule has 0 aliphatic rings. The molecule has 1 aromatic carbocycles. The van der Waals surface area contributed by atoms with Crippen molar-refractivity contribution in [1.82, 2.24) is 4.57 Å². The molecule has 1 N–H and O–H groups in total. The molecule has 8 heteroatoms. The summed E-state index contributed by atoms with van der Waals surface area (Å²) in [6.07, 6.45) is 0.475. The number of rotatable bonds is 5. The van der Waals surface area contributed by atoms with E-state index in [-0.39, 0.29) is 19.5 Å². The van der Waals surface area contributed by atoms with Crippen molar-refractivity contribution in [3.05, 3.63) is 34.5 Å². The van der Waals surface area contributed by atoms with E-state index in [4.69, 9.17) is 11.6 Å². The van der Waals surface area contributed by atoms with E-state index in [1.54, 1.807) is 29.7 Å². The minimum absolute atomic E-state index is 0. The minimum Gasteiger partial charge on any atom is -0.478 e. The largest absolute Gasteiger partial charge is 0.478 e. The van der Waals surface area contributed by atoms with Gasteiger partial charge in [-0.25, -0.2) is 4.79 Å². The van der Waals surface area contributed by atoms with Crippen molar-refractivity contribution in [3.63, 3.8) is 0 Å². The summed E-state index contributed by atoms with van der Waals surface area (Å²) in [5.74, 6) is -1.01. The van der Waals surface area contributed by atoms with Crippen molar-refractivity contribution in [2.24, 2.45) is 4.36 Å². The molecule has 2 aromatic rings. The lowest BCUT2D eigenvalue weighted by molar-refractivity contribution is 0.0698. The van der Waals surface area contributed by atoms with Gasteiger partial charge in [0, 0.05) is 17.6 Å². The fraction of sp³-hybridized carbons (Fsp3) is 0.357. The first-order chi connectivity index (χ1) is 9.93. The molecular formula is C14H17ClN2O4S. The number of fused-ring (bicyclic) bond motifs is 1. The highest BCUT2D eigenvalue weighted by Crippen LogP contribution is 2.31. The Morgan fingerprint density at radius 3 is 2.68 bits per heavy atom. The van der Waals surface area contributed by atoms with E-state index in [0.717, 1.165) is 0 Å². The molecule has 0 spiro atoms. The molecular weight excluding hydrogens is 328 g/mol. The maximum absolute atomic E-state index is 11.4. The van der Waals surface area contributed by atoms with Gasteiger partial charge in [-0.05, 0) is 19.4 Å². The highest BCUT2D eigenvalue weighted by molar-refractivity contribution is 7.61. The molecule has 120 valence electrons. The Morgan fingerprint density at radius 2 is 2.09 bits per heavy atom. The zero-order chi connectivity index (χ0) is 15.6. The maximum Gasteiger partial charge on any atom is 0.338 e. The fourth-order valence-electron chi connectivity index (χ4n) is 2.41. The Kier molecular flexibility index (Phi) is 6.13. The summed E-state index contributed by atoms with van der Waals surface area (Å²) in [6, 6.07) is 5.12. The smallest absolute Gasteiger partial charge is 0.338 e. The SMILES string of the molecule is C.Cc1c(C(=O)O)c2cccc(Cl)c2n1CCCN=S(=O)=O. The van der Waals surface area contributed by atoms with Gasteiger partial charge < -0.3 is 9.67 Å². The number of aromatic nitrogens is 1. The van der Waals surface area contributed by atoms with Crippen LogP contribution in [-0.2, 0) is 17.0 Å². The van der Waals surface area contributed by atoms with E-state index < -0.39 is 16.5 Å². The van der Waals surface area contributed by atoms with Gasteiger partial charge >= 0.3 is 16.5 Å². The third kappa shape index (κ3) is 3.48. The van der Waals surface area contributed by atoms with Gasteiger partial charge in [-0.3, -0.25) is 0 Å². The number of carbonyl (C=O) groups is 1. The summed E-state index contributed by atoms with van der Waals surface area (Å²) in [5, 5.41) is 10.4. The molecule has 0 aliphatic carbocycles. The molecule has 0 fully saturated rings. The summed E-state index contributed by atoms with van der Waals surface area (Å²) >= 11 is 6.18. The van der Waals surface area contributed by atoms with Gasteiger partial charge in [-0.15, -0.1) is 0 Å². The summed E-state index contributed by atoms with van der Waals surface area (Å²) in [7, 11) is -2.42. The van der Waals surface area contributed by atoms with Gasteiger partial charge in [0.05, 0.1) is 22.6 Å². The first-order valence-electron chi connectivity index (χ1n) is 6.21. The zero-order valence-electron chi connectivity index (χ0n) is 11.2. The normalized spacial score (nSPS) is 10.3. The van der Waals surface area contributed by atoms with Crippen LogP contribution in [0.3, 0.4) is 0 Å². The number of para-hydroxylation sites is 1. The van der Waals surface area contributed by atoms with E-state index >= 15 is 0 Å². The number of carboxylic acid groups (broad SMARTS) is 1. The van der Waals surface area contributed by atoms with Crippen molar-refractivity contribution in [1.29, 1.82) is 0 Å². The predicted molar refractivity (Wildman–Crippen MR) is 86.2 cm³/mol. The lowest BCUT2D eigenvalue weighted by Crippen LogP contribution is -2.04. The van der Waals surface area contributed by atoms with Crippen LogP contribution in [0.15, 0.2) is 22.6 Å². The lowest BCUT2D eigenvalue weighted by atomic mass is 10.1. The predicted octanol–water partition coefficient (Wildman–Crippen LogP) is 3.39. The molecule has 0 radical (unpaired) electrons. The second kappa shape index (κ2) is 7.42. The number of halogens is 1. The summed E-state index contributed by atoms with van der Waals surface area (Å²) in [4.78, 5) is 11.4. The molecule has 0 amide bonds. The molecule has 0 aliphatic heterocycles. The van der Waals surface area contributed by atoms with Crippen LogP contribution < -0.4 is 0 Å². The van der Waals surface area contributed by atoms with Gasteiger partial charge in [-0.2, -0.15) is 12.8 Å². The number of hydrogen-bond donors (Lipinski definition) is 1. The molecule has 0 unspecified atom stereocenters. The minimum atomic E-state index is -2.42. The Labute approximate surface area is 135 Å². The first-order valence-corrected chi connectivity index (χ1v) is 7.62. The second-order valence-electron chi connectivity index (χ2n) is 4.48. The molecule has 1 heterocycles. The average molecular weight is 345 g/mol. The number of carboxylic acids is 1. The Hall–Kier alpha value is -1.86. The molecule has 0 saturated carbocycles. The van der Waals surface area contributed by atoms with Gasteiger partial charge in [0.15, 0.2) is 0 Å². The van der Waals surface area contributed by atoms with Crippen LogP contribution in [0.25, 0.3) is 10.9 Å². The zero-order valence-corrected chi connectivity index (χ0v) is 12.8. The molecule has 1 aromatic heterocycles. The maximum atomic E-state index is 11.4. The first kappa shape index (κ1) is 18.2. The monoisotopic (exact) mass is 344 g/mol. The number of nitrogens with zero attached hydrogens (tertiary/aromatic N) is 2. The topological polar surface area (TPSA) is 88.7 Å². The van der Waals surface area contributed by atoms with Crippen LogP contribution in [0.1, 0.15) is 29.9 Å². The second-order valence-corrected chi connectivity index (χ2v) is 5.58. The third-order valence-electron chi connectivity index (χ3n) is 3.24. The third-order valence-corrected chi connectivity index (χ3v) is 3.94. The van der Waals surface area contributed by atoms with Crippen LogP contribution >= 0.6 is 11.6 Å². The highest BCUT2D eigenvalue weighted by Gasteiger charge is 2.20. The molecule has 6 nitrogen and oxygen atoms in total. The van der Waals surface area contributed by atoms with Crippen molar-refractivity contribution < 1.29 is 18.3 Å². The van der Waals surface area contributed by atoms with Crippen molar-refractivity contribution in [2.45, 2.75) is 27.3 Å². The number of aryl methyl sites for hydroxylation is 1. The van der Waals surface area contributed by atoms with Crippen molar-refractivity contribution in [2.75, 3.05) is 6.54 Å². The van der Waals surface area contributed by atoms with Crippen LogP contribution in [0.2, 0.25) is 5.02 Å². The molecule has 0 saturated heterocycles. The molecule has 0 atom stereocenters. The Bertz CT molecular complexity index is 832. The number of aromatic carboxylic acids is 1. The fourth-order valence-corrected chi connectivity index (χ4v) is 2.96. The molecule has 0 bridgehead atoms. The van der Waals surface area contributed by atoms with Crippen molar-refractivity contribution >= 4 is 39.0 Å². The number of hydrogen-bond acceptors (Lipinski definition) is 4. The van der Waals surface area contributed by atoms with Crippen LogP contribution in [0.4, 0.5) is 0 Å². The van der Waals surface area contributed by atoms with Gasteiger partial charge in [0.1, 0.15) is 0 Å². The van der Waals surface area contributed by atoms with E-state index in [0.29, 0.717) is 34.6 Å². The van der Waals surface area contributed by atoms with E-state index in [1.807, 2.05) is 0 Å². The van der Waals surface area contributed by atoms with Crippen LogP contribution in [0, 0.1) is 6.92 Å². The van der Waals surface area contributed by atoms with E-state index in [2.05, 4.69) is 4.36 Å². The lowest BCUT2D eigenvalue weighted by Gasteiger charge is -2.07.